The second-order valence-electron chi connectivity index (χ2n) is 2.72. The summed E-state index contributed by atoms with van der Waals surface area (Å²) < 4.78 is 0. The highest BCUT2D eigenvalue weighted by Gasteiger charge is 2.15. The van der Waals surface area contributed by atoms with Crippen LogP contribution in [-0.4, -0.2) is 23.2 Å². The molecule has 2 N–H and O–H groups in total. The summed E-state index contributed by atoms with van der Waals surface area (Å²) in [5, 5.41) is 11.2. The molecule has 54 valence electrons. The number of rotatable bonds is 2. The number of aliphatic hydroxyl groups is 1. The normalized spacial score (nSPS) is 11.1. The molecule has 0 saturated carbocycles. The van der Waals surface area contributed by atoms with Crippen LogP contribution in [0.5, 0.6) is 0 Å². The Morgan fingerprint density at radius 1 is 1.67 bits per heavy atom. The Bertz CT molecular complexity index is 110. The first-order valence-electron chi connectivity index (χ1n) is 2.87. The lowest BCUT2D eigenvalue weighted by molar-refractivity contribution is -0.121. The minimum absolute atomic E-state index is 0.0351. The highest BCUT2D eigenvalue weighted by atomic mass is 16.3. The van der Waals surface area contributed by atoms with Gasteiger partial charge >= 0.3 is 0 Å². The molecule has 0 aromatic rings. The molecule has 0 heterocycles. The number of hydrogen-bond donors (Lipinski definition) is 2. The number of aliphatic hydroxyl groups excluding tert-OH is 1. The smallest absolute Gasteiger partial charge is 0.217 e. The summed E-state index contributed by atoms with van der Waals surface area (Å²) in [6, 6.07) is 0. The molecule has 0 saturated heterocycles. The number of amides is 1. The molecule has 0 aliphatic heterocycles. The van der Waals surface area contributed by atoms with Crippen molar-refractivity contribution in [2.75, 3.05) is 6.61 Å². The summed E-state index contributed by atoms with van der Waals surface area (Å²) in [4.78, 5) is 10.4. The maximum Gasteiger partial charge on any atom is 0.217 e. The minimum Gasteiger partial charge on any atom is -0.394 e. The van der Waals surface area contributed by atoms with E-state index in [4.69, 9.17) is 5.11 Å². The first-order valence-corrected chi connectivity index (χ1v) is 2.87. The van der Waals surface area contributed by atoms with Crippen molar-refractivity contribution in [3.05, 3.63) is 0 Å². The SMILES string of the molecule is CC(=O)NC(C)(C)CO. The van der Waals surface area contributed by atoms with Gasteiger partial charge in [-0.3, -0.25) is 4.79 Å². The molecule has 3 nitrogen and oxygen atoms in total. The van der Waals surface area contributed by atoms with E-state index in [0.717, 1.165) is 0 Å². The molecule has 0 spiro atoms. The lowest BCUT2D eigenvalue weighted by Gasteiger charge is -2.21. The molecular formula is C6H13NO2. The van der Waals surface area contributed by atoms with E-state index in [0.29, 0.717) is 0 Å². The lowest BCUT2D eigenvalue weighted by atomic mass is 10.1. The lowest BCUT2D eigenvalue weighted by Crippen LogP contribution is -2.45. The largest absolute Gasteiger partial charge is 0.394 e. The van der Waals surface area contributed by atoms with E-state index >= 15 is 0 Å². The van der Waals surface area contributed by atoms with E-state index in [9.17, 15) is 4.79 Å². The molecule has 1 amide bonds. The van der Waals surface area contributed by atoms with Gasteiger partial charge < -0.3 is 10.4 Å². The minimum atomic E-state index is -0.480. The van der Waals surface area contributed by atoms with Crippen molar-refractivity contribution in [3.8, 4) is 0 Å². The maximum atomic E-state index is 10.4. The van der Waals surface area contributed by atoms with Gasteiger partial charge in [0.05, 0.1) is 12.1 Å². The number of nitrogens with one attached hydrogen (secondary N) is 1. The number of carbonyl (C=O) groups excluding carboxylic acids is 1. The highest BCUT2D eigenvalue weighted by Crippen LogP contribution is 1.97. The van der Waals surface area contributed by atoms with E-state index in [-0.39, 0.29) is 12.5 Å². The molecule has 0 aliphatic carbocycles. The molecule has 9 heavy (non-hydrogen) atoms. The average molecular weight is 131 g/mol. The summed E-state index contributed by atoms with van der Waals surface area (Å²) in [5.41, 5.74) is -0.480. The van der Waals surface area contributed by atoms with Gasteiger partial charge in [-0.1, -0.05) is 0 Å². The van der Waals surface area contributed by atoms with Crippen LogP contribution in [0.15, 0.2) is 0 Å². The second-order valence-corrected chi connectivity index (χ2v) is 2.72. The first kappa shape index (κ1) is 8.43. The fourth-order valence-corrected chi connectivity index (χ4v) is 0.516. The van der Waals surface area contributed by atoms with Gasteiger partial charge in [-0.2, -0.15) is 0 Å². The van der Waals surface area contributed by atoms with Gasteiger partial charge in [0.2, 0.25) is 5.91 Å². The predicted octanol–water partition coefficient (Wildman–Crippen LogP) is -0.107. The zero-order valence-electron chi connectivity index (χ0n) is 6.06. The van der Waals surface area contributed by atoms with Gasteiger partial charge in [0.25, 0.3) is 0 Å². The molecule has 0 aromatic carbocycles. The Labute approximate surface area is 55.1 Å². The fraction of sp³-hybridized carbons (Fsp3) is 0.833. The summed E-state index contributed by atoms with van der Waals surface area (Å²) in [7, 11) is 0. The molecule has 0 aromatic heterocycles. The van der Waals surface area contributed by atoms with Gasteiger partial charge in [-0.25, -0.2) is 0 Å². The fourth-order valence-electron chi connectivity index (χ4n) is 0.516. The molecule has 0 bridgehead atoms. The van der Waals surface area contributed by atoms with Gasteiger partial charge in [0.1, 0.15) is 0 Å². The Balaban J connectivity index is 3.71. The first-order chi connectivity index (χ1) is 3.98. The van der Waals surface area contributed by atoms with Gasteiger partial charge in [-0.05, 0) is 13.8 Å². The molecule has 3 heteroatoms. The van der Waals surface area contributed by atoms with Crippen LogP contribution < -0.4 is 5.32 Å². The van der Waals surface area contributed by atoms with Crippen LogP contribution in [0.4, 0.5) is 0 Å². The number of hydrogen-bond acceptors (Lipinski definition) is 2. The molecule has 0 fully saturated rings. The third-order valence-electron chi connectivity index (χ3n) is 0.910. The van der Waals surface area contributed by atoms with E-state index in [1.807, 2.05) is 0 Å². The topological polar surface area (TPSA) is 49.3 Å². The van der Waals surface area contributed by atoms with Gasteiger partial charge in [0.15, 0.2) is 0 Å². The average Bonchev–Trinajstić information content (AvgIpc) is 1.63. The van der Waals surface area contributed by atoms with E-state index in [1.165, 1.54) is 6.92 Å². The Hall–Kier alpha value is -0.570. The van der Waals surface area contributed by atoms with Crippen LogP contribution in [0, 0.1) is 0 Å². The maximum absolute atomic E-state index is 10.4. The zero-order chi connectivity index (χ0) is 7.49. The summed E-state index contributed by atoms with van der Waals surface area (Å²) >= 11 is 0. The van der Waals surface area contributed by atoms with Crippen molar-refractivity contribution < 1.29 is 9.90 Å². The standard InChI is InChI=1S/C6H13NO2/c1-5(9)7-6(2,3)4-8/h8H,4H2,1-3H3,(H,7,9). The quantitative estimate of drug-likeness (QED) is 0.549. The van der Waals surface area contributed by atoms with Crippen LogP contribution >= 0.6 is 0 Å². The molecule has 0 rings (SSSR count). The highest BCUT2D eigenvalue weighted by molar-refractivity contribution is 5.73. The number of carbonyl (C=O) groups is 1. The van der Waals surface area contributed by atoms with E-state index in [1.54, 1.807) is 13.8 Å². The third kappa shape index (κ3) is 3.97. The van der Waals surface area contributed by atoms with Crippen LogP contribution in [-0.2, 0) is 4.79 Å². The van der Waals surface area contributed by atoms with Crippen LogP contribution in [0.1, 0.15) is 20.8 Å². The van der Waals surface area contributed by atoms with Crippen LogP contribution in [0.2, 0.25) is 0 Å². The van der Waals surface area contributed by atoms with Crippen LogP contribution in [0.25, 0.3) is 0 Å². The predicted molar refractivity (Wildman–Crippen MR) is 35.0 cm³/mol. The molecule has 0 atom stereocenters. The molecular weight excluding hydrogens is 118 g/mol. The van der Waals surface area contributed by atoms with E-state index < -0.39 is 5.54 Å². The molecule has 0 radical (unpaired) electrons. The van der Waals surface area contributed by atoms with Crippen molar-refractivity contribution in [2.24, 2.45) is 0 Å². The third-order valence-corrected chi connectivity index (χ3v) is 0.910. The Kier molecular flexibility index (Phi) is 2.65. The van der Waals surface area contributed by atoms with Crippen molar-refractivity contribution in [1.82, 2.24) is 5.32 Å². The summed E-state index contributed by atoms with van der Waals surface area (Å²) in [6.07, 6.45) is 0. The Morgan fingerprint density at radius 3 is 2.22 bits per heavy atom. The van der Waals surface area contributed by atoms with Gasteiger partial charge in [-0.15, -0.1) is 0 Å². The summed E-state index contributed by atoms with van der Waals surface area (Å²) in [5.74, 6) is -0.117. The summed E-state index contributed by atoms with van der Waals surface area (Å²) in [6.45, 7) is 4.91. The van der Waals surface area contributed by atoms with Gasteiger partial charge in [0, 0.05) is 6.92 Å². The monoisotopic (exact) mass is 131 g/mol. The zero-order valence-corrected chi connectivity index (χ0v) is 6.06. The molecule has 0 aliphatic rings. The van der Waals surface area contributed by atoms with Crippen molar-refractivity contribution in [2.45, 2.75) is 26.3 Å². The second kappa shape index (κ2) is 2.82. The van der Waals surface area contributed by atoms with Crippen molar-refractivity contribution >= 4 is 5.91 Å². The Morgan fingerprint density at radius 2 is 2.11 bits per heavy atom. The van der Waals surface area contributed by atoms with Crippen molar-refractivity contribution in [3.63, 3.8) is 0 Å². The van der Waals surface area contributed by atoms with Crippen molar-refractivity contribution in [1.29, 1.82) is 0 Å². The van der Waals surface area contributed by atoms with Crippen LogP contribution in [0.3, 0.4) is 0 Å². The van der Waals surface area contributed by atoms with E-state index in [2.05, 4.69) is 5.32 Å². The molecule has 0 unspecified atom stereocenters.